The van der Waals surface area contributed by atoms with Gasteiger partial charge in [0.25, 0.3) is 0 Å². The molecule has 0 amide bonds. The van der Waals surface area contributed by atoms with Crippen LogP contribution in [0.1, 0.15) is 94.6 Å². The number of fused-ring (bicyclic) bond motifs is 5. The van der Waals surface area contributed by atoms with E-state index in [1.165, 1.54) is 22.9 Å². The Morgan fingerprint density at radius 1 is 1.10 bits per heavy atom. The van der Waals surface area contributed by atoms with Crippen LogP contribution >= 0.6 is 30.4 Å². The molecule has 4 rings (SSSR count). The first-order chi connectivity index (χ1) is 19.4. The molecule has 1 aromatic carbocycles. The fourth-order valence-corrected chi connectivity index (χ4v) is 9.65. The van der Waals surface area contributed by atoms with Gasteiger partial charge in [0.2, 0.25) is 0 Å². The van der Waals surface area contributed by atoms with Gasteiger partial charge in [-0.3, -0.25) is 0 Å². The van der Waals surface area contributed by atoms with Crippen molar-refractivity contribution < 1.29 is 53.8 Å². The number of halogens is 7. The van der Waals surface area contributed by atoms with Crippen LogP contribution in [0.5, 0.6) is 5.75 Å². The van der Waals surface area contributed by atoms with Crippen LogP contribution in [0.2, 0.25) is 0 Å². The van der Waals surface area contributed by atoms with E-state index in [0.29, 0.717) is 35.2 Å². The molecule has 1 aromatic rings. The maximum atomic E-state index is 13.0. The van der Waals surface area contributed by atoms with Crippen molar-refractivity contribution in [1.29, 1.82) is 0 Å². The molecule has 2 fully saturated rings. The van der Waals surface area contributed by atoms with Gasteiger partial charge in [-0.25, -0.2) is 0 Å². The third kappa shape index (κ3) is 8.04. The normalized spacial score (nSPS) is 29.6. The van der Waals surface area contributed by atoms with Gasteiger partial charge in [-0.15, -0.1) is 0 Å². The molecule has 0 spiro atoms. The summed E-state index contributed by atoms with van der Waals surface area (Å²) < 4.78 is 68.3. The number of hydrogen-bond acceptors (Lipinski definition) is 4. The van der Waals surface area contributed by atoms with Gasteiger partial charge in [0.1, 0.15) is 0 Å². The average Bonchev–Trinajstić information content (AvgIpc) is 3.22. The van der Waals surface area contributed by atoms with Crippen LogP contribution in [-0.2, 0) is 6.42 Å². The minimum absolute atomic E-state index is 0.0162. The molecular weight excluding hydrogens is 789 g/mol. The SMILES string of the molecule is CC12CCC3c4ccc(OC(=O)[I-]I)cc4CC(CCCCCCSCCCC(F)(F)C(F)(F)F)C3C1CCC2O. The molecule has 0 heterocycles. The zero-order valence-electron chi connectivity index (χ0n) is 23.3. The molecule has 11 heteroatoms. The number of thioether (sulfide) groups is 1. The number of ether oxygens (including phenoxy) is 1. The first-order valence-corrected chi connectivity index (χ1v) is 23.2. The molecule has 0 radical (unpaired) electrons. The summed E-state index contributed by atoms with van der Waals surface area (Å²) in [6, 6.07) is 6.19. The second kappa shape index (κ2) is 14.5. The molecule has 3 nitrogen and oxygen atoms in total. The number of benzene rings is 1. The minimum atomic E-state index is -5.46. The molecule has 2 saturated carbocycles. The quantitative estimate of drug-likeness (QED) is 0.104. The van der Waals surface area contributed by atoms with Crippen molar-refractivity contribution in [2.75, 3.05) is 11.5 Å². The van der Waals surface area contributed by atoms with E-state index in [1.807, 2.05) is 6.07 Å². The molecule has 1 N–H and O–H groups in total. The number of unbranched alkanes of at least 4 members (excludes halogenated alkanes) is 3. The van der Waals surface area contributed by atoms with Gasteiger partial charge in [-0.2, -0.15) is 33.7 Å². The van der Waals surface area contributed by atoms with Crippen molar-refractivity contribution in [3.63, 3.8) is 0 Å². The molecule has 0 saturated heterocycles. The van der Waals surface area contributed by atoms with Crippen LogP contribution < -0.4 is 22.0 Å². The predicted octanol–water partition coefficient (Wildman–Crippen LogP) is 6.73. The van der Waals surface area contributed by atoms with Gasteiger partial charge in [-0.1, -0.05) is 0 Å². The Kier molecular flexibility index (Phi) is 12.0. The number of hydrogen-bond donors (Lipinski definition) is 1. The average molecular weight is 830 g/mol. The van der Waals surface area contributed by atoms with Crippen molar-refractivity contribution >= 4 is 34.4 Å². The molecule has 41 heavy (non-hydrogen) atoms. The molecule has 0 bridgehead atoms. The summed E-state index contributed by atoms with van der Waals surface area (Å²) in [6.45, 7) is 2.29. The van der Waals surface area contributed by atoms with E-state index >= 15 is 0 Å². The number of rotatable bonds is 13. The van der Waals surface area contributed by atoms with E-state index < -0.39 is 35.7 Å². The van der Waals surface area contributed by atoms with E-state index in [4.69, 9.17) is 4.74 Å². The summed E-state index contributed by atoms with van der Waals surface area (Å²) in [5.41, 5.74) is 2.67. The number of alkyl halides is 5. The van der Waals surface area contributed by atoms with Crippen molar-refractivity contribution in [2.24, 2.45) is 23.2 Å². The van der Waals surface area contributed by atoms with Crippen LogP contribution in [0, 0.1) is 23.2 Å². The molecule has 3 aliphatic rings. The van der Waals surface area contributed by atoms with Gasteiger partial charge in [-0.05, 0) is 17.9 Å². The molecule has 0 aromatic heterocycles. The Labute approximate surface area is 264 Å². The summed E-state index contributed by atoms with van der Waals surface area (Å²) in [5.74, 6) is -0.837. The van der Waals surface area contributed by atoms with Crippen LogP contribution in [-0.4, -0.2) is 38.8 Å². The van der Waals surface area contributed by atoms with Gasteiger partial charge in [0, 0.05) is 6.42 Å². The molecule has 6 atom stereocenters. The van der Waals surface area contributed by atoms with E-state index in [0.717, 1.165) is 70.0 Å². The summed E-state index contributed by atoms with van der Waals surface area (Å²) in [6.07, 6.45) is 3.25. The van der Waals surface area contributed by atoms with Crippen LogP contribution in [0.15, 0.2) is 18.2 Å². The number of carbonyl (C=O) groups is 1. The number of carbonyl (C=O) groups excluding carboxylic acids is 1. The van der Waals surface area contributed by atoms with Crippen LogP contribution in [0.25, 0.3) is 0 Å². The van der Waals surface area contributed by atoms with E-state index in [1.54, 1.807) is 0 Å². The number of aliphatic hydroxyl groups excluding tert-OH is 1. The van der Waals surface area contributed by atoms with Crippen molar-refractivity contribution in [3.8, 4) is 5.75 Å². The zero-order chi connectivity index (χ0) is 29.8. The second-order valence-electron chi connectivity index (χ2n) is 12.3. The Morgan fingerprint density at radius 3 is 2.56 bits per heavy atom. The van der Waals surface area contributed by atoms with Gasteiger partial charge >= 0.3 is 208 Å². The molecule has 6 unspecified atom stereocenters. The molecular formula is C30H40F5I2O3S-. The second-order valence-corrected chi connectivity index (χ2v) is 17.5. The topological polar surface area (TPSA) is 46.5 Å². The fourth-order valence-electron chi connectivity index (χ4n) is 7.80. The Morgan fingerprint density at radius 2 is 1.83 bits per heavy atom. The van der Waals surface area contributed by atoms with Crippen molar-refractivity contribution in [2.45, 2.75) is 108 Å². The standard InChI is InChI=1S/C30H40F5I2O3S/c1-28-14-12-23-22-9-8-21(40-27(39)37-36)18-20(22)17-19(26(23)24(28)10-11-25(28)38)7-4-2-3-5-15-41-16-6-13-29(31,32)30(33,34)35/h8-9,18-19,23-26,38H,2-7,10-17H2,1H3/q-1. The molecule has 3 aliphatic carbocycles. The van der Waals surface area contributed by atoms with E-state index in [-0.39, 0.29) is 21.9 Å². The van der Waals surface area contributed by atoms with E-state index in [9.17, 15) is 31.9 Å². The summed E-state index contributed by atoms with van der Waals surface area (Å²) in [4.78, 5) is 11.9. The summed E-state index contributed by atoms with van der Waals surface area (Å²) in [7, 11) is 0. The summed E-state index contributed by atoms with van der Waals surface area (Å²) in [5, 5.41) is 10.9. The Balaban J connectivity index is 1.29. The molecule has 234 valence electrons. The fraction of sp³-hybridized carbons (Fsp3) is 0.767. The zero-order valence-corrected chi connectivity index (χ0v) is 28.5. The van der Waals surface area contributed by atoms with Crippen LogP contribution in [0.4, 0.5) is 26.7 Å². The third-order valence-electron chi connectivity index (χ3n) is 9.89. The number of aliphatic hydroxyl groups is 1. The monoisotopic (exact) mass is 829 g/mol. The summed E-state index contributed by atoms with van der Waals surface area (Å²) >= 11 is 2.92. The first kappa shape index (κ1) is 34.0. The Bertz CT molecular complexity index is 1040. The van der Waals surface area contributed by atoms with Gasteiger partial charge in [0.05, 0.1) is 0 Å². The third-order valence-corrected chi connectivity index (χ3v) is 13.8. The van der Waals surface area contributed by atoms with Crippen molar-refractivity contribution in [3.05, 3.63) is 29.3 Å². The Hall–Kier alpha value is 0.110. The maximum absolute atomic E-state index is 13.0. The van der Waals surface area contributed by atoms with E-state index in [2.05, 4.69) is 37.7 Å². The van der Waals surface area contributed by atoms with Gasteiger partial charge < -0.3 is 0 Å². The van der Waals surface area contributed by atoms with Gasteiger partial charge in [0.15, 0.2) is 0 Å². The molecule has 0 aliphatic heterocycles. The predicted molar refractivity (Wildman–Crippen MR) is 157 cm³/mol. The van der Waals surface area contributed by atoms with Crippen molar-refractivity contribution in [1.82, 2.24) is 0 Å². The van der Waals surface area contributed by atoms with Crippen LogP contribution in [0.3, 0.4) is 0 Å². The first-order valence-electron chi connectivity index (χ1n) is 14.7.